The minimum absolute atomic E-state index is 0.201. The van der Waals surface area contributed by atoms with E-state index in [1.54, 1.807) is 6.92 Å². The van der Waals surface area contributed by atoms with Crippen LogP contribution in [0, 0.1) is 18.8 Å². The molecule has 9 heteroatoms. The first-order chi connectivity index (χ1) is 16.9. The monoisotopic (exact) mass is 471 g/mol. The van der Waals surface area contributed by atoms with Gasteiger partial charge >= 0.3 is 5.97 Å². The Balaban J connectivity index is 1.20. The Morgan fingerprint density at radius 1 is 0.943 bits per heavy atom. The number of aryl methyl sites for hydroxylation is 1. The van der Waals surface area contributed by atoms with Gasteiger partial charge in [-0.2, -0.15) is 0 Å². The van der Waals surface area contributed by atoms with E-state index in [0.29, 0.717) is 5.76 Å². The third-order valence-corrected chi connectivity index (χ3v) is 7.09. The number of carbonyl (C=O) groups excluding carboxylic acids is 4. The van der Waals surface area contributed by atoms with E-state index >= 15 is 0 Å². The highest BCUT2D eigenvalue weighted by molar-refractivity contribution is 6.09. The number of rotatable bonds is 5. The molecule has 9 nitrogen and oxygen atoms in total. The number of hydrogen-bond donors (Lipinski definition) is 1. The van der Waals surface area contributed by atoms with Gasteiger partial charge in [0, 0.05) is 17.9 Å². The summed E-state index contributed by atoms with van der Waals surface area (Å²) in [4.78, 5) is 52.5. The zero-order chi connectivity index (χ0) is 24.3. The number of likely N-dealkylation sites (tertiary alicyclic amines) is 1. The predicted molar refractivity (Wildman–Crippen MR) is 121 cm³/mol. The number of anilines is 1. The molecule has 1 aromatic heterocycles. The van der Waals surface area contributed by atoms with Crippen LogP contribution in [-0.4, -0.2) is 46.9 Å². The lowest BCUT2D eigenvalue weighted by molar-refractivity contribution is -0.154. The molecule has 0 saturated carbocycles. The van der Waals surface area contributed by atoms with Crippen LogP contribution in [0.1, 0.15) is 39.8 Å². The number of benzene rings is 2. The zero-order valence-electron chi connectivity index (χ0n) is 18.8. The Hall–Kier alpha value is -4.27. The molecule has 0 radical (unpaired) electrons. The SMILES string of the molecule is Cc1cc(NC(=O)COC(=O)CN2C(=O)[C@@H]3C4c5ccccc5C(c5ccccc54)[C@H]3C2=O)no1. The topological polar surface area (TPSA) is 119 Å². The van der Waals surface area contributed by atoms with Crippen LogP contribution in [-0.2, 0) is 23.9 Å². The maximum atomic E-state index is 13.5. The maximum absolute atomic E-state index is 13.5. The summed E-state index contributed by atoms with van der Waals surface area (Å²) in [5, 5.41) is 6.08. The molecule has 0 unspecified atom stereocenters. The van der Waals surface area contributed by atoms with Crippen molar-refractivity contribution in [1.29, 1.82) is 0 Å². The number of nitrogens with zero attached hydrogens (tertiary/aromatic N) is 2. The van der Waals surface area contributed by atoms with Crippen molar-refractivity contribution in [2.75, 3.05) is 18.5 Å². The molecule has 0 spiro atoms. The summed E-state index contributed by atoms with van der Waals surface area (Å²) in [7, 11) is 0. The highest BCUT2D eigenvalue weighted by atomic mass is 16.5. The standard InChI is InChI=1S/C26H21N3O6/c1-13-10-18(28-35-13)27-19(30)12-34-20(31)11-29-25(32)23-21-14-6-2-3-7-15(14)22(24(23)26(29)33)17-9-5-4-8-16(17)21/h2-10,21-24H,11-12H2,1H3,(H,27,28,30)/t21?,22?,23-,24-/m1/s1. The van der Waals surface area contributed by atoms with Crippen molar-refractivity contribution in [3.63, 3.8) is 0 Å². The third kappa shape index (κ3) is 3.26. The average Bonchev–Trinajstić information content (AvgIpc) is 3.38. The summed E-state index contributed by atoms with van der Waals surface area (Å²) < 4.78 is 9.90. The van der Waals surface area contributed by atoms with E-state index in [1.807, 2.05) is 48.5 Å². The van der Waals surface area contributed by atoms with E-state index in [9.17, 15) is 19.2 Å². The molecule has 1 aliphatic heterocycles. The Morgan fingerprint density at radius 3 is 1.91 bits per heavy atom. The first-order valence-electron chi connectivity index (χ1n) is 11.4. The Kier molecular flexibility index (Phi) is 4.80. The summed E-state index contributed by atoms with van der Waals surface area (Å²) in [5.41, 5.74) is 4.23. The van der Waals surface area contributed by atoms with E-state index in [0.717, 1.165) is 27.2 Å². The summed E-state index contributed by atoms with van der Waals surface area (Å²) in [6, 6.07) is 17.4. The molecule has 1 fully saturated rings. The van der Waals surface area contributed by atoms with Crippen molar-refractivity contribution in [2.24, 2.45) is 11.8 Å². The van der Waals surface area contributed by atoms with Gasteiger partial charge in [-0.25, -0.2) is 0 Å². The Labute approximate surface area is 200 Å². The molecule has 2 atom stereocenters. The molecule has 4 aliphatic rings. The number of esters is 1. The molecule has 2 heterocycles. The Morgan fingerprint density at radius 2 is 1.46 bits per heavy atom. The second-order valence-corrected chi connectivity index (χ2v) is 9.06. The van der Waals surface area contributed by atoms with Crippen LogP contribution in [0.2, 0.25) is 0 Å². The number of imide groups is 1. The van der Waals surface area contributed by atoms with Crippen molar-refractivity contribution in [1.82, 2.24) is 10.1 Å². The molecule has 35 heavy (non-hydrogen) atoms. The fourth-order valence-corrected chi connectivity index (χ4v) is 5.82. The number of carbonyl (C=O) groups is 4. The smallest absolute Gasteiger partial charge is 0.326 e. The normalized spacial score (nSPS) is 23.5. The van der Waals surface area contributed by atoms with Crippen LogP contribution in [0.3, 0.4) is 0 Å². The molecule has 2 bridgehead atoms. The lowest BCUT2D eigenvalue weighted by Gasteiger charge is -2.45. The van der Waals surface area contributed by atoms with Gasteiger partial charge in [0.05, 0.1) is 11.8 Å². The average molecular weight is 471 g/mol. The highest BCUT2D eigenvalue weighted by Crippen LogP contribution is 2.60. The number of amides is 3. The van der Waals surface area contributed by atoms with Crippen LogP contribution in [0.5, 0.6) is 0 Å². The van der Waals surface area contributed by atoms with Crippen LogP contribution in [0.4, 0.5) is 5.82 Å². The van der Waals surface area contributed by atoms with E-state index in [-0.39, 0.29) is 29.5 Å². The second kappa shape index (κ2) is 7.90. The highest BCUT2D eigenvalue weighted by Gasteiger charge is 2.61. The van der Waals surface area contributed by atoms with Crippen molar-refractivity contribution in [3.05, 3.63) is 82.6 Å². The fourth-order valence-electron chi connectivity index (χ4n) is 5.82. The van der Waals surface area contributed by atoms with Gasteiger partial charge in [0.25, 0.3) is 5.91 Å². The van der Waals surface area contributed by atoms with Gasteiger partial charge < -0.3 is 14.6 Å². The molecular weight excluding hydrogens is 450 g/mol. The van der Waals surface area contributed by atoms with E-state index < -0.39 is 36.9 Å². The van der Waals surface area contributed by atoms with Gasteiger partial charge in [-0.3, -0.25) is 24.1 Å². The minimum Gasteiger partial charge on any atom is -0.454 e. The summed E-state index contributed by atoms with van der Waals surface area (Å²) in [6.07, 6.45) is 0. The van der Waals surface area contributed by atoms with Crippen LogP contribution >= 0.6 is 0 Å². The lowest BCUT2D eigenvalue weighted by Crippen LogP contribution is -2.41. The van der Waals surface area contributed by atoms with Gasteiger partial charge in [0.1, 0.15) is 12.3 Å². The quantitative estimate of drug-likeness (QED) is 0.448. The number of nitrogens with one attached hydrogen (secondary N) is 1. The van der Waals surface area contributed by atoms with Crippen LogP contribution in [0.25, 0.3) is 0 Å². The first kappa shape index (κ1) is 21.3. The summed E-state index contributed by atoms with van der Waals surface area (Å²) >= 11 is 0. The summed E-state index contributed by atoms with van der Waals surface area (Å²) in [5.74, 6) is -3.10. The maximum Gasteiger partial charge on any atom is 0.326 e. The molecule has 1 N–H and O–H groups in total. The second-order valence-electron chi connectivity index (χ2n) is 9.06. The molecule has 3 amide bonds. The predicted octanol–water partition coefficient (Wildman–Crippen LogP) is 2.36. The molecule has 2 aromatic carbocycles. The molecule has 3 aliphatic carbocycles. The molecular formula is C26H21N3O6. The minimum atomic E-state index is -0.834. The van der Waals surface area contributed by atoms with Crippen molar-refractivity contribution < 1.29 is 28.4 Å². The van der Waals surface area contributed by atoms with E-state index in [1.165, 1.54) is 6.07 Å². The van der Waals surface area contributed by atoms with Gasteiger partial charge in [0.2, 0.25) is 11.8 Å². The Bertz CT molecular complexity index is 1280. The third-order valence-electron chi connectivity index (χ3n) is 7.09. The first-order valence-corrected chi connectivity index (χ1v) is 11.4. The van der Waals surface area contributed by atoms with Crippen molar-refractivity contribution >= 4 is 29.5 Å². The fraction of sp³-hybridized carbons (Fsp3) is 0.269. The van der Waals surface area contributed by atoms with E-state index in [4.69, 9.17) is 9.26 Å². The van der Waals surface area contributed by atoms with Gasteiger partial charge in [-0.15, -0.1) is 0 Å². The molecule has 176 valence electrons. The summed E-state index contributed by atoms with van der Waals surface area (Å²) in [6.45, 7) is 0.566. The van der Waals surface area contributed by atoms with E-state index in [2.05, 4.69) is 10.5 Å². The van der Waals surface area contributed by atoms with Crippen molar-refractivity contribution in [2.45, 2.75) is 18.8 Å². The number of aromatic nitrogens is 1. The molecule has 1 saturated heterocycles. The van der Waals surface area contributed by atoms with Crippen LogP contribution in [0.15, 0.2) is 59.1 Å². The van der Waals surface area contributed by atoms with Crippen LogP contribution < -0.4 is 5.32 Å². The lowest BCUT2D eigenvalue weighted by atomic mass is 9.55. The number of hydrogen-bond acceptors (Lipinski definition) is 7. The number of ether oxygens (including phenoxy) is 1. The van der Waals surface area contributed by atoms with Gasteiger partial charge in [0.15, 0.2) is 12.4 Å². The van der Waals surface area contributed by atoms with Gasteiger partial charge in [-0.05, 0) is 29.2 Å². The largest absolute Gasteiger partial charge is 0.454 e. The zero-order valence-corrected chi connectivity index (χ0v) is 18.8. The molecule has 3 aromatic rings. The molecule has 7 rings (SSSR count). The van der Waals surface area contributed by atoms with Crippen molar-refractivity contribution in [3.8, 4) is 0 Å². The van der Waals surface area contributed by atoms with Gasteiger partial charge in [-0.1, -0.05) is 53.7 Å².